The number of nitrogens with zero attached hydrogens (tertiary/aromatic N) is 1. The molecule has 0 radical (unpaired) electrons. The molecule has 0 heterocycles. The van der Waals surface area contributed by atoms with Gasteiger partial charge in [-0.2, -0.15) is 0 Å². The Morgan fingerprint density at radius 2 is 2.18 bits per heavy atom. The molecule has 0 aliphatic carbocycles. The van der Waals surface area contributed by atoms with Crippen LogP contribution in [0.5, 0.6) is 0 Å². The van der Waals surface area contributed by atoms with E-state index in [1.165, 1.54) is 0 Å². The summed E-state index contributed by atoms with van der Waals surface area (Å²) in [6.07, 6.45) is 5.25. The van der Waals surface area contributed by atoms with Gasteiger partial charge in [-0.25, -0.2) is 0 Å². The van der Waals surface area contributed by atoms with Crippen molar-refractivity contribution in [2.45, 2.75) is 19.9 Å². The summed E-state index contributed by atoms with van der Waals surface area (Å²) >= 11 is 0. The molecule has 3 nitrogen and oxygen atoms in total. The number of nitrogens with one attached hydrogen (secondary N) is 1. The maximum Gasteiger partial charge on any atom is 0.189 e. The van der Waals surface area contributed by atoms with Crippen LogP contribution >= 0.6 is 0 Å². The topological polar surface area (TPSA) is 50.4 Å². The Bertz CT molecular complexity index is 176. The maximum absolute atomic E-state index is 5.43. The molecule has 0 fully saturated rings. The molecule has 11 heavy (non-hydrogen) atoms. The third-order valence-corrected chi connectivity index (χ3v) is 1.39. The molecule has 1 unspecified atom stereocenters. The molecule has 0 saturated carbocycles. The number of hydrogen-bond acceptors (Lipinski definition) is 1. The zero-order chi connectivity index (χ0) is 8.85. The van der Waals surface area contributed by atoms with Crippen molar-refractivity contribution in [1.82, 2.24) is 5.32 Å². The van der Waals surface area contributed by atoms with Crippen molar-refractivity contribution in [3.05, 3.63) is 0 Å². The first-order valence-corrected chi connectivity index (χ1v) is 3.56. The molecular formula is C8H15N3. The van der Waals surface area contributed by atoms with Crippen LogP contribution in [0.3, 0.4) is 0 Å². The molecule has 3 heteroatoms. The average Bonchev–Trinajstić information content (AvgIpc) is 1.99. The summed E-state index contributed by atoms with van der Waals surface area (Å²) in [5, 5.41) is 2.91. The molecule has 0 aliphatic rings. The molecule has 0 aromatic carbocycles. The second-order valence-corrected chi connectivity index (χ2v) is 2.64. The normalized spacial score (nSPS) is 14.3. The van der Waals surface area contributed by atoms with E-state index < -0.39 is 0 Å². The quantitative estimate of drug-likeness (QED) is 0.338. The van der Waals surface area contributed by atoms with E-state index in [9.17, 15) is 0 Å². The monoisotopic (exact) mass is 153 g/mol. The minimum absolute atomic E-state index is 0.0290. The van der Waals surface area contributed by atoms with Gasteiger partial charge in [0.25, 0.3) is 0 Å². The molecule has 0 spiro atoms. The Kier molecular flexibility index (Phi) is 4.12. The zero-order valence-corrected chi connectivity index (χ0v) is 7.26. The van der Waals surface area contributed by atoms with Gasteiger partial charge >= 0.3 is 0 Å². The zero-order valence-electron chi connectivity index (χ0n) is 7.26. The number of guanidine groups is 1. The molecule has 0 aromatic rings. The first kappa shape index (κ1) is 9.83. The molecule has 0 saturated heterocycles. The van der Waals surface area contributed by atoms with Crippen LogP contribution in [0.4, 0.5) is 0 Å². The van der Waals surface area contributed by atoms with Crippen molar-refractivity contribution in [2.75, 3.05) is 7.05 Å². The second-order valence-electron chi connectivity index (χ2n) is 2.64. The number of aliphatic imine (C=N–C) groups is 1. The lowest BCUT2D eigenvalue weighted by molar-refractivity contribution is 0.541. The summed E-state index contributed by atoms with van der Waals surface area (Å²) in [5.41, 5.74) is 5.43. The van der Waals surface area contributed by atoms with Crippen LogP contribution in [0, 0.1) is 18.3 Å². The van der Waals surface area contributed by atoms with Gasteiger partial charge in [0.05, 0.1) is 6.04 Å². The van der Waals surface area contributed by atoms with Crippen LogP contribution in [0.25, 0.3) is 0 Å². The van der Waals surface area contributed by atoms with E-state index in [4.69, 9.17) is 12.2 Å². The van der Waals surface area contributed by atoms with Crippen molar-refractivity contribution in [2.24, 2.45) is 16.6 Å². The molecule has 62 valence electrons. The van der Waals surface area contributed by atoms with Crippen LogP contribution in [0.2, 0.25) is 0 Å². The lowest BCUT2D eigenvalue weighted by Crippen LogP contribution is -2.41. The maximum atomic E-state index is 5.43. The predicted octanol–water partition coefficient (Wildman–Crippen LogP) is 0.178. The summed E-state index contributed by atoms with van der Waals surface area (Å²) in [5.74, 6) is 3.35. The second kappa shape index (κ2) is 4.62. The Morgan fingerprint density at radius 3 is 2.45 bits per heavy atom. The Labute approximate surface area is 68.1 Å². The average molecular weight is 153 g/mol. The molecule has 0 aliphatic heterocycles. The third-order valence-electron chi connectivity index (χ3n) is 1.39. The number of rotatable bonds is 2. The van der Waals surface area contributed by atoms with Crippen LogP contribution in [-0.2, 0) is 0 Å². The van der Waals surface area contributed by atoms with Gasteiger partial charge in [-0.1, -0.05) is 19.8 Å². The summed E-state index contributed by atoms with van der Waals surface area (Å²) in [6.45, 7) is 4.06. The van der Waals surface area contributed by atoms with Gasteiger partial charge < -0.3 is 11.1 Å². The SMILES string of the molecule is C#CC(NC(N)=NC)C(C)C. The Hall–Kier alpha value is -1.17. The lowest BCUT2D eigenvalue weighted by Gasteiger charge is -2.16. The lowest BCUT2D eigenvalue weighted by atomic mass is 10.1. The van der Waals surface area contributed by atoms with Gasteiger partial charge in [0.15, 0.2) is 5.96 Å². The fourth-order valence-corrected chi connectivity index (χ4v) is 0.625. The largest absolute Gasteiger partial charge is 0.370 e. The minimum atomic E-state index is -0.0290. The first-order chi connectivity index (χ1) is 5.11. The van der Waals surface area contributed by atoms with E-state index in [1.54, 1.807) is 7.05 Å². The predicted molar refractivity (Wildman–Crippen MR) is 48.1 cm³/mol. The highest BCUT2D eigenvalue weighted by Crippen LogP contribution is 1.98. The fourth-order valence-electron chi connectivity index (χ4n) is 0.625. The molecule has 0 bridgehead atoms. The highest BCUT2D eigenvalue weighted by molar-refractivity contribution is 5.78. The Balaban J connectivity index is 4.02. The van der Waals surface area contributed by atoms with Crippen LogP contribution in [0.1, 0.15) is 13.8 Å². The highest BCUT2D eigenvalue weighted by Gasteiger charge is 2.08. The van der Waals surface area contributed by atoms with E-state index in [-0.39, 0.29) is 6.04 Å². The summed E-state index contributed by atoms with van der Waals surface area (Å²) in [6, 6.07) is -0.0290. The summed E-state index contributed by atoms with van der Waals surface area (Å²) < 4.78 is 0. The smallest absolute Gasteiger partial charge is 0.189 e. The van der Waals surface area contributed by atoms with E-state index in [0.29, 0.717) is 11.9 Å². The van der Waals surface area contributed by atoms with Crippen molar-refractivity contribution in [1.29, 1.82) is 0 Å². The summed E-state index contributed by atoms with van der Waals surface area (Å²) in [4.78, 5) is 3.75. The van der Waals surface area contributed by atoms with E-state index >= 15 is 0 Å². The molecule has 0 rings (SSSR count). The van der Waals surface area contributed by atoms with Gasteiger partial charge in [-0.05, 0) is 5.92 Å². The molecule has 0 amide bonds. The van der Waals surface area contributed by atoms with Crippen molar-refractivity contribution < 1.29 is 0 Å². The van der Waals surface area contributed by atoms with Crippen molar-refractivity contribution in [3.8, 4) is 12.3 Å². The van der Waals surface area contributed by atoms with Gasteiger partial charge in [0, 0.05) is 7.05 Å². The molecular weight excluding hydrogens is 138 g/mol. The van der Waals surface area contributed by atoms with Gasteiger partial charge in [0.1, 0.15) is 0 Å². The molecule has 1 atom stereocenters. The van der Waals surface area contributed by atoms with Gasteiger partial charge in [-0.15, -0.1) is 6.42 Å². The van der Waals surface area contributed by atoms with Crippen LogP contribution in [-0.4, -0.2) is 19.0 Å². The highest BCUT2D eigenvalue weighted by atomic mass is 15.1. The van der Waals surface area contributed by atoms with E-state index in [2.05, 4.69) is 16.2 Å². The van der Waals surface area contributed by atoms with E-state index in [0.717, 1.165) is 0 Å². The summed E-state index contributed by atoms with van der Waals surface area (Å²) in [7, 11) is 1.62. The molecule has 0 aromatic heterocycles. The number of hydrogen-bond donors (Lipinski definition) is 2. The minimum Gasteiger partial charge on any atom is -0.370 e. The van der Waals surface area contributed by atoms with Crippen LogP contribution in [0.15, 0.2) is 4.99 Å². The molecule has 3 N–H and O–H groups in total. The number of nitrogens with two attached hydrogens (primary N) is 1. The first-order valence-electron chi connectivity index (χ1n) is 3.56. The van der Waals surface area contributed by atoms with Crippen molar-refractivity contribution in [3.63, 3.8) is 0 Å². The van der Waals surface area contributed by atoms with Crippen molar-refractivity contribution >= 4 is 5.96 Å². The standard InChI is InChI=1S/C8H15N3/c1-5-7(6(2)3)11-8(9)10-4/h1,6-7H,2-4H3,(H3,9,10,11). The Morgan fingerprint density at radius 1 is 1.64 bits per heavy atom. The van der Waals surface area contributed by atoms with Crippen LogP contribution < -0.4 is 11.1 Å². The van der Waals surface area contributed by atoms with Gasteiger partial charge in [-0.3, -0.25) is 4.99 Å². The van der Waals surface area contributed by atoms with E-state index in [1.807, 2.05) is 13.8 Å². The van der Waals surface area contributed by atoms with Gasteiger partial charge in [0.2, 0.25) is 0 Å². The number of terminal acetylenes is 1. The fraction of sp³-hybridized carbons (Fsp3) is 0.625. The third kappa shape index (κ3) is 3.51.